The van der Waals surface area contributed by atoms with Crippen LogP contribution in [-0.2, 0) is 15.8 Å². The Balaban J connectivity index is 2.77. The Morgan fingerprint density at radius 2 is 1.89 bits per heavy atom. The predicted octanol–water partition coefficient (Wildman–Crippen LogP) is 1.43. The van der Waals surface area contributed by atoms with Crippen molar-refractivity contribution in [1.82, 2.24) is 4.31 Å². The minimum Gasteiger partial charge on any atom is -0.330 e. The van der Waals surface area contributed by atoms with Gasteiger partial charge in [-0.05, 0) is 18.0 Å². The van der Waals surface area contributed by atoms with Gasteiger partial charge in [0.25, 0.3) is 0 Å². The van der Waals surface area contributed by atoms with Gasteiger partial charge in [-0.1, -0.05) is 44.2 Å². The Morgan fingerprint density at radius 3 is 2.39 bits per heavy atom. The van der Waals surface area contributed by atoms with Crippen molar-refractivity contribution in [2.45, 2.75) is 19.6 Å². The van der Waals surface area contributed by atoms with Gasteiger partial charge in [-0.3, -0.25) is 0 Å². The van der Waals surface area contributed by atoms with Gasteiger partial charge in [-0.2, -0.15) is 0 Å². The summed E-state index contributed by atoms with van der Waals surface area (Å²) in [4.78, 5) is 0. The van der Waals surface area contributed by atoms with Crippen LogP contribution in [0.3, 0.4) is 0 Å². The highest BCUT2D eigenvalue weighted by Crippen LogP contribution is 2.12. The summed E-state index contributed by atoms with van der Waals surface area (Å²) in [6, 6.07) is 9.24. The van der Waals surface area contributed by atoms with E-state index in [0.717, 1.165) is 5.56 Å². The highest BCUT2D eigenvalue weighted by molar-refractivity contribution is 7.88. The molecule has 1 aromatic rings. The number of nitrogens with zero attached hydrogens (tertiary/aromatic N) is 1. The van der Waals surface area contributed by atoms with E-state index in [1.165, 1.54) is 4.31 Å². The maximum absolute atomic E-state index is 12.3. The fourth-order valence-corrected chi connectivity index (χ4v) is 3.41. The van der Waals surface area contributed by atoms with Crippen molar-refractivity contribution in [2.24, 2.45) is 11.7 Å². The molecule has 1 unspecified atom stereocenters. The van der Waals surface area contributed by atoms with Gasteiger partial charge in [0.1, 0.15) is 0 Å². The fourth-order valence-electron chi connectivity index (χ4n) is 1.74. The summed E-state index contributed by atoms with van der Waals surface area (Å²) in [5.41, 5.74) is 6.37. The highest BCUT2D eigenvalue weighted by Gasteiger charge is 2.22. The summed E-state index contributed by atoms with van der Waals surface area (Å²) >= 11 is 0. The largest absolute Gasteiger partial charge is 0.330 e. The molecule has 2 N–H and O–H groups in total. The van der Waals surface area contributed by atoms with Crippen molar-refractivity contribution in [3.63, 3.8) is 0 Å². The van der Waals surface area contributed by atoms with Gasteiger partial charge in [0.2, 0.25) is 10.0 Å². The summed E-state index contributed by atoms with van der Waals surface area (Å²) in [7, 11) is -3.25. The van der Waals surface area contributed by atoms with Crippen molar-refractivity contribution in [3.05, 3.63) is 35.9 Å². The smallest absolute Gasteiger partial charge is 0.218 e. The van der Waals surface area contributed by atoms with Gasteiger partial charge in [-0.25, -0.2) is 12.7 Å². The molecule has 4 nitrogen and oxygen atoms in total. The van der Waals surface area contributed by atoms with E-state index in [9.17, 15) is 8.42 Å². The molecule has 1 rings (SSSR count). The van der Waals surface area contributed by atoms with E-state index in [4.69, 9.17) is 5.73 Å². The van der Waals surface area contributed by atoms with E-state index in [2.05, 4.69) is 0 Å². The zero-order chi connectivity index (χ0) is 13.6. The maximum atomic E-state index is 12.3. The molecule has 0 aliphatic carbocycles. The van der Waals surface area contributed by atoms with E-state index in [-0.39, 0.29) is 11.7 Å². The molecule has 0 saturated carbocycles. The Bertz CT molecular complexity index is 445. The molecule has 0 aliphatic heterocycles. The van der Waals surface area contributed by atoms with Crippen molar-refractivity contribution in [1.29, 1.82) is 0 Å². The zero-order valence-corrected chi connectivity index (χ0v) is 11.9. The number of rotatable bonds is 7. The second-order valence-electron chi connectivity index (χ2n) is 4.53. The quantitative estimate of drug-likeness (QED) is 0.815. The molecule has 0 aliphatic rings. The van der Waals surface area contributed by atoms with Crippen LogP contribution in [-0.4, -0.2) is 32.4 Å². The molecular weight excluding hydrogens is 248 g/mol. The molecule has 0 spiro atoms. The SMILES string of the molecule is CCN(CC(C)CN)S(=O)(=O)Cc1ccccc1. The van der Waals surface area contributed by atoms with Gasteiger partial charge in [0, 0.05) is 13.1 Å². The van der Waals surface area contributed by atoms with E-state index < -0.39 is 10.0 Å². The van der Waals surface area contributed by atoms with Gasteiger partial charge in [0.05, 0.1) is 5.75 Å². The van der Waals surface area contributed by atoms with Gasteiger partial charge >= 0.3 is 0 Å². The molecule has 18 heavy (non-hydrogen) atoms. The van der Waals surface area contributed by atoms with E-state index >= 15 is 0 Å². The third-order valence-electron chi connectivity index (χ3n) is 2.86. The second kappa shape index (κ2) is 6.87. The molecule has 1 atom stereocenters. The van der Waals surface area contributed by atoms with Crippen molar-refractivity contribution >= 4 is 10.0 Å². The first-order valence-corrected chi connectivity index (χ1v) is 7.82. The number of hydrogen-bond donors (Lipinski definition) is 1. The van der Waals surface area contributed by atoms with Crippen LogP contribution in [0.15, 0.2) is 30.3 Å². The normalized spacial score (nSPS) is 13.8. The van der Waals surface area contributed by atoms with Crippen LogP contribution in [0.4, 0.5) is 0 Å². The van der Waals surface area contributed by atoms with Crippen molar-refractivity contribution in [3.8, 4) is 0 Å². The number of sulfonamides is 1. The summed E-state index contributed by atoms with van der Waals surface area (Å²) < 4.78 is 26.0. The first kappa shape index (κ1) is 15.1. The zero-order valence-electron chi connectivity index (χ0n) is 11.0. The molecule has 0 bridgehead atoms. The summed E-state index contributed by atoms with van der Waals surface area (Å²) in [5.74, 6) is 0.231. The lowest BCUT2D eigenvalue weighted by atomic mass is 10.2. The lowest BCUT2D eigenvalue weighted by molar-refractivity contribution is 0.370. The Morgan fingerprint density at radius 1 is 1.28 bits per heavy atom. The van der Waals surface area contributed by atoms with E-state index in [1.807, 2.05) is 44.2 Å². The summed E-state index contributed by atoms with van der Waals surface area (Å²) in [5, 5.41) is 0. The minimum absolute atomic E-state index is 0.0545. The molecule has 0 aromatic heterocycles. The van der Waals surface area contributed by atoms with Crippen LogP contribution < -0.4 is 5.73 Å². The number of nitrogens with two attached hydrogens (primary N) is 1. The number of hydrogen-bond acceptors (Lipinski definition) is 3. The van der Waals surface area contributed by atoms with Gasteiger partial charge in [0.15, 0.2) is 0 Å². The summed E-state index contributed by atoms with van der Waals surface area (Å²) in [6.45, 7) is 5.28. The molecule has 1 aromatic carbocycles. The minimum atomic E-state index is -3.25. The van der Waals surface area contributed by atoms with Gasteiger partial charge in [-0.15, -0.1) is 0 Å². The van der Waals surface area contributed by atoms with Crippen LogP contribution in [0, 0.1) is 5.92 Å². The lowest BCUT2D eigenvalue weighted by Crippen LogP contribution is -2.37. The van der Waals surface area contributed by atoms with Crippen molar-refractivity contribution in [2.75, 3.05) is 19.6 Å². The molecule has 0 radical (unpaired) electrons. The topological polar surface area (TPSA) is 63.4 Å². The Kier molecular flexibility index (Phi) is 5.78. The van der Waals surface area contributed by atoms with Crippen LogP contribution in [0.25, 0.3) is 0 Å². The fraction of sp³-hybridized carbons (Fsp3) is 0.538. The highest BCUT2D eigenvalue weighted by atomic mass is 32.2. The molecule has 0 saturated heterocycles. The molecule has 0 amide bonds. The predicted molar refractivity (Wildman–Crippen MR) is 74.5 cm³/mol. The molecule has 102 valence electrons. The summed E-state index contributed by atoms with van der Waals surface area (Å²) in [6.07, 6.45) is 0. The third-order valence-corrected chi connectivity index (χ3v) is 4.75. The average molecular weight is 270 g/mol. The van der Waals surface area contributed by atoms with Crippen LogP contribution in [0.5, 0.6) is 0 Å². The standard InChI is InChI=1S/C13H22N2O2S/c1-3-15(10-12(2)9-14)18(16,17)11-13-7-5-4-6-8-13/h4-8,12H,3,9-11,14H2,1-2H3. The maximum Gasteiger partial charge on any atom is 0.218 e. The molecule has 0 heterocycles. The van der Waals surface area contributed by atoms with E-state index in [0.29, 0.717) is 19.6 Å². The van der Waals surface area contributed by atoms with Crippen LogP contribution in [0.2, 0.25) is 0 Å². The molecule has 0 fully saturated rings. The Hall–Kier alpha value is -0.910. The van der Waals surface area contributed by atoms with E-state index in [1.54, 1.807) is 0 Å². The number of benzene rings is 1. The van der Waals surface area contributed by atoms with Crippen LogP contribution in [0.1, 0.15) is 19.4 Å². The second-order valence-corrected chi connectivity index (χ2v) is 6.50. The van der Waals surface area contributed by atoms with Crippen LogP contribution >= 0.6 is 0 Å². The van der Waals surface area contributed by atoms with Crippen molar-refractivity contribution < 1.29 is 8.42 Å². The molecule has 5 heteroatoms. The first-order valence-electron chi connectivity index (χ1n) is 6.21. The van der Waals surface area contributed by atoms with Gasteiger partial charge < -0.3 is 5.73 Å². The first-order chi connectivity index (χ1) is 8.49. The monoisotopic (exact) mass is 270 g/mol. The lowest BCUT2D eigenvalue weighted by Gasteiger charge is -2.23. The molecular formula is C13H22N2O2S. The average Bonchev–Trinajstić information content (AvgIpc) is 2.36. The third kappa shape index (κ3) is 4.40. The Labute approximate surface area is 110 Å².